The molecule has 2 aromatic heterocycles. The van der Waals surface area contributed by atoms with Crippen LogP contribution in [0.1, 0.15) is 17.3 Å². The predicted molar refractivity (Wildman–Crippen MR) is 127 cm³/mol. The fourth-order valence-electron chi connectivity index (χ4n) is 3.51. The Kier molecular flexibility index (Phi) is 5.91. The number of fused-ring (bicyclic) bond motifs is 1. The summed E-state index contributed by atoms with van der Waals surface area (Å²) in [7, 11) is 1.60. The van der Waals surface area contributed by atoms with Crippen molar-refractivity contribution in [3.63, 3.8) is 0 Å². The fourth-order valence-corrected chi connectivity index (χ4v) is 4.36. The summed E-state index contributed by atoms with van der Waals surface area (Å²) in [6, 6.07) is 24.7. The molecule has 0 aliphatic heterocycles. The number of methoxy groups -OCH3 is 1. The van der Waals surface area contributed by atoms with Gasteiger partial charge in [0.15, 0.2) is 11.0 Å². The number of hydrogen-bond acceptors (Lipinski definition) is 7. The first-order valence-corrected chi connectivity index (χ1v) is 11.3. The average molecular weight is 457 g/mol. The van der Waals surface area contributed by atoms with Crippen LogP contribution in [0.5, 0.6) is 5.75 Å². The molecule has 0 radical (unpaired) electrons. The zero-order valence-corrected chi connectivity index (χ0v) is 18.7. The smallest absolute Gasteiger partial charge is 0.266 e. The maximum Gasteiger partial charge on any atom is 0.266 e. The van der Waals surface area contributed by atoms with E-state index in [2.05, 4.69) is 10.1 Å². The summed E-state index contributed by atoms with van der Waals surface area (Å²) in [5.41, 5.74) is 2.28. The van der Waals surface area contributed by atoms with Crippen LogP contribution in [0.25, 0.3) is 16.6 Å². The number of rotatable bonds is 7. The van der Waals surface area contributed by atoms with E-state index in [4.69, 9.17) is 14.2 Å². The Balaban J connectivity index is 1.47. The highest BCUT2D eigenvalue weighted by Gasteiger charge is 2.16. The van der Waals surface area contributed by atoms with Gasteiger partial charge in [-0.2, -0.15) is 4.98 Å². The molecule has 5 rings (SSSR count). The molecule has 0 saturated heterocycles. The van der Waals surface area contributed by atoms with Crippen molar-refractivity contribution in [2.45, 2.75) is 17.3 Å². The highest BCUT2D eigenvalue weighted by molar-refractivity contribution is 7.98. The van der Waals surface area contributed by atoms with Gasteiger partial charge in [-0.15, -0.1) is 0 Å². The molecule has 8 heteroatoms. The van der Waals surface area contributed by atoms with E-state index in [0.717, 1.165) is 5.56 Å². The zero-order valence-electron chi connectivity index (χ0n) is 17.8. The van der Waals surface area contributed by atoms with E-state index in [1.54, 1.807) is 17.7 Å². The van der Waals surface area contributed by atoms with E-state index in [1.807, 2.05) is 72.8 Å². The molecule has 0 unspecified atom stereocenters. The van der Waals surface area contributed by atoms with Crippen molar-refractivity contribution in [2.24, 2.45) is 0 Å². The molecule has 0 bridgehead atoms. The lowest BCUT2D eigenvalue weighted by atomic mass is 10.1. The molecule has 0 amide bonds. The molecule has 0 aliphatic rings. The number of nitrogens with zero attached hydrogens (tertiary/aromatic N) is 4. The average Bonchev–Trinajstić information content (AvgIpc) is 3.30. The lowest BCUT2D eigenvalue weighted by Gasteiger charge is -2.13. The van der Waals surface area contributed by atoms with Crippen LogP contribution in [0.4, 0.5) is 0 Å². The molecule has 0 atom stereocenters. The number of benzene rings is 3. The molecular formula is C25H20N4O3S. The lowest BCUT2D eigenvalue weighted by Crippen LogP contribution is -2.21. The van der Waals surface area contributed by atoms with Crippen molar-refractivity contribution >= 4 is 22.7 Å². The predicted octanol–water partition coefficient (Wildman–Crippen LogP) is 4.66. The summed E-state index contributed by atoms with van der Waals surface area (Å²) < 4.78 is 12.4. The standard InChI is InChI=1S/C25H20N4O3S/c1-31-19-11-7-10-18(15-19)29-24(30)20-12-5-6-13-21(20)26-25(29)33-16-23-27-22(28-32-23)14-17-8-3-2-4-9-17/h2-13,15H,14,16H2,1H3. The van der Waals surface area contributed by atoms with Gasteiger partial charge < -0.3 is 9.26 Å². The van der Waals surface area contributed by atoms with Gasteiger partial charge >= 0.3 is 0 Å². The molecular weight excluding hydrogens is 436 g/mol. The van der Waals surface area contributed by atoms with Gasteiger partial charge in [-0.05, 0) is 29.8 Å². The second kappa shape index (κ2) is 9.30. The first-order valence-electron chi connectivity index (χ1n) is 10.4. The summed E-state index contributed by atoms with van der Waals surface area (Å²) in [6.45, 7) is 0. The number of ether oxygens (including phenoxy) is 1. The first-order chi connectivity index (χ1) is 16.2. The molecule has 0 N–H and O–H groups in total. The van der Waals surface area contributed by atoms with Gasteiger partial charge in [-0.25, -0.2) is 4.98 Å². The largest absolute Gasteiger partial charge is 0.497 e. The van der Waals surface area contributed by atoms with E-state index in [-0.39, 0.29) is 5.56 Å². The van der Waals surface area contributed by atoms with Crippen LogP contribution in [-0.4, -0.2) is 26.8 Å². The summed E-state index contributed by atoms with van der Waals surface area (Å²) in [5, 5.41) is 5.18. The maximum absolute atomic E-state index is 13.4. The Hall–Kier alpha value is -3.91. The maximum atomic E-state index is 13.4. The highest BCUT2D eigenvalue weighted by atomic mass is 32.2. The molecule has 0 saturated carbocycles. The minimum atomic E-state index is -0.147. The Morgan fingerprint density at radius 2 is 1.79 bits per heavy atom. The molecule has 0 aliphatic carbocycles. The van der Waals surface area contributed by atoms with Crippen molar-refractivity contribution in [1.29, 1.82) is 0 Å². The number of thioether (sulfide) groups is 1. The van der Waals surface area contributed by atoms with E-state index < -0.39 is 0 Å². The quantitative estimate of drug-likeness (QED) is 0.260. The van der Waals surface area contributed by atoms with Gasteiger partial charge in [0.2, 0.25) is 5.89 Å². The number of aromatic nitrogens is 4. The van der Waals surface area contributed by atoms with Crippen LogP contribution >= 0.6 is 11.8 Å². The third-order valence-electron chi connectivity index (χ3n) is 5.10. The van der Waals surface area contributed by atoms with Crippen LogP contribution in [0.3, 0.4) is 0 Å². The van der Waals surface area contributed by atoms with Crippen LogP contribution in [0.2, 0.25) is 0 Å². The lowest BCUT2D eigenvalue weighted by molar-refractivity contribution is 0.385. The SMILES string of the molecule is COc1cccc(-n2c(SCc3nc(Cc4ccccc4)no3)nc3ccccc3c2=O)c1. The minimum Gasteiger partial charge on any atom is -0.497 e. The Bertz CT molecular complexity index is 1460. The third-order valence-corrected chi connectivity index (χ3v) is 6.02. The van der Waals surface area contributed by atoms with Crippen LogP contribution in [0.15, 0.2) is 93.3 Å². The van der Waals surface area contributed by atoms with E-state index in [1.165, 1.54) is 11.8 Å². The van der Waals surface area contributed by atoms with Gasteiger partial charge in [-0.3, -0.25) is 9.36 Å². The van der Waals surface area contributed by atoms with Gasteiger partial charge in [0.25, 0.3) is 5.56 Å². The molecule has 3 aromatic carbocycles. The summed E-state index contributed by atoms with van der Waals surface area (Å²) in [6.07, 6.45) is 0.595. The second-order valence-corrected chi connectivity index (χ2v) is 8.25. The van der Waals surface area contributed by atoms with Crippen LogP contribution in [-0.2, 0) is 12.2 Å². The van der Waals surface area contributed by atoms with Crippen molar-refractivity contribution in [3.05, 3.63) is 106 Å². The van der Waals surface area contributed by atoms with Crippen LogP contribution in [0, 0.1) is 0 Å². The van der Waals surface area contributed by atoms with Crippen LogP contribution < -0.4 is 10.3 Å². The van der Waals surface area contributed by atoms with Crippen molar-refractivity contribution < 1.29 is 9.26 Å². The molecule has 33 heavy (non-hydrogen) atoms. The normalized spacial score (nSPS) is 11.1. The van der Waals surface area contributed by atoms with Gasteiger partial charge in [0, 0.05) is 12.5 Å². The molecule has 164 valence electrons. The molecule has 7 nitrogen and oxygen atoms in total. The zero-order chi connectivity index (χ0) is 22.6. The molecule has 2 heterocycles. The first kappa shape index (κ1) is 21.0. The topological polar surface area (TPSA) is 83.0 Å². The van der Waals surface area contributed by atoms with E-state index in [9.17, 15) is 4.79 Å². The molecule has 0 fully saturated rings. The van der Waals surface area contributed by atoms with Crippen molar-refractivity contribution in [3.8, 4) is 11.4 Å². The highest BCUT2D eigenvalue weighted by Crippen LogP contribution is 2.26. The molecule has 5 aromatic rings. The van der Waals surface area contributed by atoms with E-state index >= 15 is 0 Å². The van der Waals surface area contributed by atoms with Crippen molar-refractivity contribution in [2.75, 3.05) is 7.11 Å². The Morgan fingerprint density at radius 3 is 2.64 bits per heavy atom. The van der Waals surface area contributed by atoms with Gasteiger partial charge in [0.1, 0.15) is 5.75 Å². The Morgan fingerprint density at radius 1 is 0.970 bits per heavy atom. The third kappa shape index (κ3) is 4.51. The summed E-state index contributed by atoms with van der Waals surface area (Å²) >= 11 is 1.37. The number of para-hydroxylation sites is 1. The summed E-state index contributed by atoms with van der Waals surface area (Å²) in [5.74, 6) is 2.14. The van der Waals surface area contributed by atoms with Gasteiger partial charge in [-0.1, -0.05) is 65.4 Å². The minimum absolute atomic E-state index is 0.147. The second-order valence-electron chi connectivity index (χ2n) is 7.31. The van der Waals surface area contributed by atoms with E-state index in [0.29, 0.717) is 51.4 Å². The van der Waals surface area contributed by atoms with Gasteiger partial charge in [0.05, 0.1) is 29.5 Å². The fraction of sp³-hybridized carbons (Fsp3) is 0.120. The summed E-state index contributed by atoms with van der Waals surface area (Å²) in [4.78, 5) is 22.6. The van der Waals surface area contributed by atoms with Crippen molar-refractivity contribution in [1.82, 2.24) is 19.7 Å². The Labute approximate surface area is 194 Å². The number of hydrogen-bond donors (Lipinski definition) is 0. The monoisotopic (exact) mass is 456 g/mol. The molecule has 0 spiro atoms.